The van der Waals surface area contributed by atoms with Gasteiger partial charge in [0.2, 0.25) is 0 Å². The normalized spacial score (nSPS) is 15.1. The summed E-state index contributed by atoms with van der Waals surface area (Å²) in [4.78, 5) is 0. The topological polar surface area (TPSA) is 0 Å². The summed E-state index contributed by atoms with van der Waals surface area (Å²) in [6, 6.07) is 0. The molecule has 1 rings (SSSR count). The molecule has 1 radical (unpaired) electrons. The van der Waals surface area contributed by atoms with Crippen molar-refractivity contribution in [3.63, 3.8) is 0 Å². The molecule has 1 aliphatic rings. The molecule has 0 spiro atoms. The van der Waals surface area contributed by atoms with Crippen LogP contribution >= 0.6 is 0 Å². The molecular formula is C22H43. The predicted molar refractivity (Wildman–Crippen MR) is 101 cm³/mol. The second kappa shape index (κ2) is 15.9. The van der Waals surface area contributed by atoms with Crippen molar-refractivity contribution >= 4 is 0 Å². The van der Waals surface area contributed by atoms with Crippen molar-refractivity contribution < 1.29 is 0 Å². The molecule has 0 aliphatic heterocycles. The van der Waals surface area contributed by atoms with E-state index in [9.17, 15) is 0 Å². The van der Waals surface area contributed by atoms with Gasteiger partial charge in [-0.05, 0) is 25.2 Å². The van der Waals surface area contributed by atoms with Crippen molar-refractivity contribution in [1.82, 2.24) is 0 Å². The van der Waals surface area contributed by atoms with Gasteiger partial charge in [0.25, 0.3) is 0 Å². The van der Waals surface area contributed by atoms with Crippen molar-refractivity contribution in [2.45, 2.75) is 135 Å². The molecule has 0 amide bonds. The first kappa shape index (κ1) is 20.0. The Hall–Kier alpha value is 0. The van der Waals surface area contributed by atoms with Crippen molar-refractivity contribution in [2.24, 2.45) is 0 Å². The lowest BCUT2D eigenvalue weighted by Gasteiger charge is -2.24. The Bertz CT molecular complexity index is 204. The van der Waals surface area contributed by atoms with Crippen LogP contribution in [-0.2, 0) is 0 Å². The largest absolute Gasteiger partial charge is 0.0654 e. The Morgan fingerprint density at radius 1 is 0.500 bits per heavy atom. The zero-order valence-corrected chi connectivity index (χ0v) is 15.6. The molecule has 1 saturated carbocycles. The average molecular weight is 308 g/mol. The van der Waals surface area contributed by atoms with E-state index in [1.165, 1.54) is 128 Å². The summed E-state index contributed by atoms with van der Waals surface area (Å²) in [7, 11) is 0. The van der Waals surface area contributed by atoms with E-state index in [0.717, 1.165) is 0 Å². The molecule has 0 nitrogen and oxygen atoms in total. The minimum absolute atomic E-state index is 1.37. The van der Waals surface area contributed by atoms with Crippen LogP contribution in [0.15, 0.2) is 0 Å². The zero-order valence-electron chi connectivity index (χ0n) is 15.6. The van der Waals surface area contributed by atoms with Crippen molar-refractivity contribution in [1.29, 1.82) is 0 Å². The van der Waals surface area contributed by atoms with Crippen molar-refractivity contribution in [3.05, 3.63) is 5.92 Å². The quantitative estimate of drug-likeness (QED) is 0.237. The molecule has 0 aromatic heterocycles. The first-order valence-corrected chi connectivity index (χ1v) is 10.8. The maximum atomic E-state index is 2.30. The van der Waals surface area contributed by atoms with E-state index in [4.69, 9.17) is 0 Å². The van der Waals surface area contributed by atoms with E-state index in [1.54, 1.807) is 0 Å². The van der Waals surface area contributed by atoms with E-state index >= 15 is 0 Å². The molecule has 0 unspecified atom stereocenters. The van der Waals surface area contributed by atoms with E-state index in [1.807, 2.05) is 5.92 Å². The maximum absolute atomic E-state index is 2.30. The first-order chi connectivity index (χ1) is 10.9. The van der Waals surface area contributed by atoms with Crippen LogP contribution in [0.1, 0.15) is 135 Å². The van der Waals surface area contributed by atoms with E-state index in [0.29, 0.717) is 0 Å². The van der Waals surface area contributed by atoms with Crippen LogP contribution in [0.5, 0.6) is 0 Å². The summed E-state index contributed by atoms with van der Waals surface area (Å²) >= 11 is 0. The van der Waals surface area contributed by atoms with Crippen LogP contribution in [0.3, 0.4) is 0 Å². The van der Waals surface area contributed by atoms with Gasteiger partial charge in [-0.1, -0.05) is 116 Å². The Kier molecular flexibility index (Phi) is 14.5. The van der Waals surface area contributed by atoms with Gasteiger partial charge in [-0.2, -0.15) is 0 Å². The molecule has 0 atom stereocenters. The summed E-state index contributed by atoms with van der Waals surface area (Å²) in [5.41, 5.74) is 0. The molecular weight excluding hydrogens is 264 g/mol. The highest BCUT2D eigenvalue weighted by Gasteiger charge is 2.16. The molecule has 0 aromatic rings. The minimum atomic E-state index is 1.37. The highest BCUT2D eigenvalue weighted by Crippen LogP contribution is 2.33. The summed E-state index contributed by atoms with van der Waals surface area (Å²) < 4.78 is 0. The fourth-order valence-corrected chi connectivity index (χ4v) is 3.60. The minimum Gasteiger partial charge on any atom is -0.0654 e. The number of hydrogen-bond donors (Lipinski definition) is 0. The van der Waals surface area contributed by atoms with Crippen LogP contribution in [-0.4, -0.2) is 0 Å². The third kappa shape index (κ3) is 12.5. The van der Waals surface area contributed by atoms with Gasteiger partial charge in [-0.25, -0.2) is 0 Å². The van der Waals surface area contributed by atoms with Gasteiger partial charge in [0.05, 0.1) is 0 Å². The van der Waals surface area contributed by atoms with Crippen LogP contribution in [0.25, 0.3) is 0 Å². The lowest BCUT2D eigenvalue weighted by molar-refractivity contribution is 0.477. The summed E-state index contributed by atoms with van der Waals surface area (Å²) in [6.07, 6.45) is 29.5. The molecule has 0 N–H and O–H groups in total. The standard InChI is InChI=1S/C22H43/c1-2-3-4-5-6-7-8-9-10-11-12-13-14-15-16-17-19-22-20-18-21-22/h2-21H2,1H3. The summed E-state index contributed by atoms with van der Waals surface area (Å²) in [6.45, 7) is 2.30. The van der Waals surface area contributed by atoms with Crippen LogP contribution in [0.4, 0.5) is 0 Å². The lowest BCUT2D eigenvalue weighted by Crippen LogP contribution is -2.07. The molecule has 0 aromatic carbocycles. The van der Waals surface area contributed by atoms with E-state index in [-0.39, 0.29) is 0 Å². The Balaban J connectivity index is 1.61. The first-order valence-electron chi connectivity index (χ1n) is 10.8. The Labute approximate surface area is 141 Å². The number of unbranched alkanes of at least 4 members (excludes halogenated alkanes) is 15. The Morgan fingerprint density at radius 2 is 0.864 bits per heavy atom. The van der Waals surface area contributed by atoms with Gasteiger partial charge < -0.3 is 0 Å². The molecule has 22 heavy (non-hydrogen) atoms. The second-order valence-corrected chi connectivity index (χ2v) is 7.66. The molecule has 0 heteroatoms. The van der Waals surface area contributed by atoms with Gasteiger partial charge in [-0.3, -0.25) is 0 Å². The molecule has 1 aliphatic carbocycles. The molecule has 0 saturated heterocycles. The van der Waals surface area contributed by atoms with Crippen molar-refractivity contribution in [3.8, 4) is 0 Å². The van der Waals surface area contributed by atoms with Crippen LogP contribution in [0, 0.1) is 5.92 Å². The third-order valence-corrected chi connectivity index (χ3v) is 5.44. The molecule has 0 bridgehead atoms. The monoisotopic (exact) mass is 307 g/mol. The fourth-order valence-electron chi connectivity index (χ4n) is 3.60. The van der Waals surface area contributed by atoms with Crippen LogP contribution in [0.2, 0.25) is 0 Å². The molecule has 0 heterocycles. The fraction of sp³-hybridized carbons (Fsp3) is 0.955. The van der Waals surface area contributed by atoms with E-state index < -0.39 is 0 Å². The van der Waals surface area contributed by atoms with Gasteiger partial charge in [0.15, 0.2) is 0 Å². The van der Waals surface area contributed by atoms with Gasteiger partial charge in [0, 0.05) is 0 Å². The zero-order chi connectivity index (χ0) is 15.7. The summed E-state index contributed by atoms with van der Waals surface area (Å²) in [5.74, 6) is 1.87. The van der Waals surface area contributed by atoms with E-state index in [2.05, 4.69) is 6.92 Å². The Morgan fingerprint density at radius 3 is 1.18 bits per heavy atom. The highest BCUT2D eigenvalue weighted by atomic mass is 14.2. The highest BCUT2D eigenvalue weighted by molar-refractivity contribution is 4.97. The molecule has 131 valence electrons. The predicted octanol–water partition coefficient (Wildman–Crippen LogP) is 8.40. The second-order valence-electron chi connectivity index (χ2n) is 7.66. The SMILES string of the molecule is CCCCCCCCCCCCCCCCCC[C]1CCC1. The smallest absolute Gasteiger partial charge is 0.0241 e. The lowest BCUT2D eigenvalue weighted by atomic mass is 9.81. The van der Waals surface area contributed by atoms with Crippen molar-refractivity contribution in [2.75, 3.05) is 0 Å². The van der Waals surface area contributed by atoms with Gasteiger partial charge >= 0.3 is 0 Å². The van der Waals surface area contributed by atoms with Gasteiger partial charge in [-0.15, -0.1) is 0 Å². The van der Waals surface area contributed by atoms with Gasteiger partial charge in [0.1, 0.15) is 0 Å². The maximum Gasteiger partial charge on any atom is -0.0241 e. The number of rotatable bonds is 17. The number of hydrogen-bond acceptors (Lipinski definition) is 0. The van der Waals surface area contributed by atoms with Crippen LogP contribution < -0.4 is 0 Å². The third-order valence-electron chi connectivity index (χ3n) is 5.44. The molecule has 1 fully saturated rings. The summed E-state index contributed by atoms with van der Waals surface area (Å²) in [5, 5.41) is 0. The average Bonchev–Trinajstić information content (AvgIpc) is 2.48.